The molecule has 1 atom stereocenters. The molecule has 1 unspecified atom stereocenters. The number of nitrogens with one attached hydrogen (secondary N) is 1. The van der Waals surface area contributed by atoms with Gasteiger partial charge in [0, 0.05) is 25.3 Å². The molecule has 0 saturated heterocycles. The van der Waals surface area contributed by atoms with Crippen molar-refractivity contribution in [2.75, 3.05) is 27.2 Å². The lowest BCUT2D eigenvalue weighted by atomic mass is 10.3. The van der Waals surface area contributed by atoms with Crippen LogP contribution in [0.3, 0.4) is 0 Å². The van der Waals surface area contributed by atoms with Gasteiger partial charge in [-0.15, -0.1) is 5.10 Å². The van der Waals surface area contributed by atoms with Crippen molar-refractivity contribution in [3.8, 4) is 0 Å². The Morgan fingerprint density at radius 3 is 2.94 bits per heavy atom. The normalized spacial score (nSPS) is 13.3. The first kappa shape index (κ1) is 13.1. The monoisotopic (exact) mass is 227 g/mol. The van der Waals surface area contributed by atoms with Crippen LogP contribution in [-0.4, -0.2) is 58.3 Å². The molecule has 6 heteroatoms. The number of rotatable bonds is 7. The first-order chi connectivity index (χ1) is 7.61. The van der Waals surface area contributed by atoms with Gasteiger partial charge in [0.25, 0.3) is 0 Å². The van der Waals surface area contributed by atoms with Crippen molar-refractivity contribution >= 4 is 0 Å². The van der Waals surface area contributed by atoms with Gasteiger partial charge in [-0.05, 0) is 21.0 Å². The van der Waals surface area contributed by atoms with Crippen LogP contribution in [0.2, 0.25) is 0 Å². The average Bonchev–Trinajstić information content (AvgIpc) is 2.62. The second-order valence-electron chi connectivity index (χ2n) is 4.24. The molecule has 0 aliphatic rings. The molecule has 0 amide bonds. The van der Waals surface area contributed by atoms with E-state index in [4.69, 9.17) is 5.11 Å². The smallest absolute Gasteiger partial charge is 0.0964 e. The fourth-order valence-electron chi connectivity index (χ4n) is 1.52. The van der Waals surface area contributed by atoms with Gasteiger partial charge in [-0.1, -0.05) is 5.21 Å². The zero-order valence-corrected chi connectivity index (χ0v) is 10.2. The van der Waals surface area contributed by atoms with Crippen LogP contribution in [0.1, 0.15) is 12.6 Å². The van der Waals surface area contributed by atoms with Crippen LogP contribution in [0, 0.1) is 0 Å². The number of aliphatic hydroxyl groups excluding tert-OH is 1. The van der Waals surface area contributed by atoms with Gasteiger partial charge in [-0.2, -0.15) is 0 Å². The summed E-state index contributed by atoms with van der Waals surface area (Å²) in [7, 11) is 4.10. The van der Waals surface area contributed by atoms with Crippen molar-refractivity contribution in [1.82, 2.24) is 25.2 Å². The third-order valence-corrected chi connectivity index (χ3v) is 2.19. The minimum atomic E-state index is 0.0905. The molecule has 0 aliphatic heterocycles. The molecule has 1 heterocycles. The Kier molecular flexibility index (Phi) is 5.37. The number of aliphatic hydroxyl groups is 1. The fraction of sp³-hybridized carbons (Fsp3) is 0.800. The van der Waals surface area contributed by atoms with E-state index in [1.54, 1.807) is 4.68 Å². The van der Waals surface area contributed by atoms with E-state index in [0.29, 0.717) is 19.1 Å². The third-order valence-electron chi connectivity index (χ3n) is 2.19. The highest BCUT2D eigenvalue weighted by atomic mass is 16.3. The number of likely N-dealkylation sites (N-methyl/N-ethyl adjacent to an activating group) is 1. The Labute approximate surface area is 96.3 Å². The van der Waals surface area contributed by atoms with Crippen molar-refractivity contribution in [2.24, 2.45) is 0 Å². The number of nitrogens with zero attached hydrogens (tertiary/aromatic N) is 4. The van der Waals surface area contributed by atoms with Gasteiger partial charge < -0.3 is 15.3 Å². The minimum Gasteiger partial charge on any atom is -0.394 e. The van der Waals surface area contributed by atoms with Crippen molar-refractivity contribution < 1.29 is 5.11 Å². The fourth-order valence-corrected chi connectivity index (χ4v) is 1.52. The molecule has 1 rings (SSSR count). The summed E-state index contributed by atoms with van der Waals surface area (Å²) < 4.78 is 1.65. The molecule has 0 spiro atoms. The molecule has 0 aliphatic carbocycles. The van der Waals surface area contributed by atoms with Crippen molar-refractivity contribution in [3.05, 3.63) is 11.9 Å². The summed E-state index contributed by atoms with van der Waals surface area (Å²) in [6.45, 7) is 4.43. The Morgan fingerprint density at radius 1 is 1.56 bits per heavy atom. The van der Waals surface area contributed by atoms with E-state index in [9.17, 15) is 0 Å². The number of hydrogen-bond donors (Lipinski definition) is 2. The van der Waals surface area contributed by atoms with Gasteiger partial charge in [-0.3, -0.25) is 0 Å². The van der Waals surface area contributed by atoms with Crippen LogP contribution in [-0.2, 0) is 13.1 Å². The highest BCUT2D eigenvalue weighted by molar-refractivity contribution is 4.92. The average molecular weight is 227 g/mol. The van der Waals surface area contributed by atoms with Crippen LogP contribution in [0.5, 0.6) is 0 Å². The van der Waals surface area contributed by atoms with E-state index in [1.165, 1.54) is 0 Å². The minimum absolute atomic E-state index is 0.0905. The van der Waals surface area contributed by atoms with Gasteiger partial charge in [0.1, 0.15) is 0 Å². The molecule has 1 aromatic heterocycles. The number of aromatic nitrogens is 3. The first-order valence-corrected chi connectivity index (χ1v) is 5.49. The summed E-state index contributed by atoms with van der Waals surface area (Å²) in [5.74, 6) is 0. The maximum atomic E-state index is 8.74. The van der Waals surface area contributed by atoms with E-state index in [-0.39, 0.29) is 6.61 Å². The van der Waals surface area contributed by atoms with Gasteiger partial charge in [0.15, 0.2) is 0 Å². The molecular formula is C10H21N5O. The first-order valence-electron chi connectivity index (χ1n) is 5.49. The van der Waals surface area contributed by atoms with Crippen LogP contribution in [0.25, 0.3) is 0 Å². The van der Waals surface area contributed by atoms with E-state index in [2.05, 4.69) is 41.5 Å². The van der Waals surface area contributed by atoms with Gasteiger partial charge in [-0.25, -0.2) is 4.68 Å². The molecule has 16 heavy (non-hydrogen) atoms. The molecule has 0 saturated carbocycles. The summed E-state index contributed by atoms with van der Waals surface area (Å²) in [6.07, 6.45) is 1.85. The van der Waals surface area contributed by atoms with E-state index >= 15 is 0 Å². The highest BCUT2D eigenvalue weighted by Crippen LogP contribution is 1.94. The summed E-state index contributed by atoms with van der Waals surface area (Å²) in [5.41, 5.74) is 0.902. The van der Waals surface area contributed by atoms with Crippen molar-refractivity contribution in [1.29, 1.82) is 0 Å². The molecule has 0 bridgehead atoms. The molecule has 0 aromatic carbocycles. The number of hydrogen-bond acceptors (Lipinski definition) is 5. The zero-order chi connectivity index (χ0) is 12.0. The van der Waals surface area contributed by atoms with E-state index in [1.807, 2.05) is 6.20 Å². The molecule has 92 valence electrons. The maximum Gasteiger partial charge on any atom is 0.0964 e. The van der Waals surface area contributed by atoms with Crippen LogP contribution < -0.4 is 5.32 Å². The predicted octanol–water partition coefficient (Wildman–Crippen LogP) is -0.690. The second-order valence-corrected chi connectivity index (χ2v) is 4.24. The van der Waals surface area contributed by atoms with Crippen molar-refractivity contribution in [2.45, 2.75) is 26.1 Å². The summed E-state index contributed by atoms with van der Waals surface area (Å²) in [6, 6.07) is 0.415. The zero-order valence-electron chi connectivity index (χ0n) is 10.2. The Hall–Kier alpha value is -0.980. The quantitative estimate of drug-likeness (QED) is 0.645. The lowest BCUT2D eigenvalue weighted by Gasteiger charge is -2.17. The molecule has 1 aromatic rings. The molecule has 2 N–H and O–H groups in total. The van der Waals surface area contributed by atoms with Gasteiger partial charge in [0.2, 0.25) is 0 Å². The van der Waals surface area contributed by atoms with Crippen LogP contribution in [0.15, 0.2) is 6.20 Å². The standard InChI is InChI=1S/C10H21N5O/c1-9(7-14(2)3)11-6-10-8-15(4-5-16)13-12-10/h8-9,11,16H,4-7H2,1-3H3. The highest BCUT2D eigenvalue weighted by Gasteiger charge is 2.05. The summed E-state index contributed by atoms with van der Waals surface area (Å²) in [5, 5.41) is 20.0. The van der Waals surface area contributed by atoms with E-state index in [0.717, 1.165) is 12.2 Å². The lowest BCUT2D eigenvalue weighted by molar-refractivity contribution is 0.268. The Bertz CT molecular complexity index is 299. The van der Waals surface area contributed by atoms with Crippen LogP contribution in [0.4, 0.5) is 0 Å². The van der Waals surface area contributed by atoms with Gasteiger partial charge in [0.05, 0.1) is 18.8 Å². The molecular weight excluding hydrogens is 206 g/mol. The Morgan fingerprint density at radius 2 is 2.31 bits per heavy atom. The molecule has 0 radical (unpaired) electrons. The predicted molar refractivity (Wildman–Crippen MR) is 62.0 cm³/mol. The van der Waals surface area contributed by atoms with Gasteiger partial charge >= 0.3 is 0 Å². The topological polar surface area (TPSA) is 66.2 Å². The van der Waals surface area contributed by atoms with Crippen LogP contribution >= 0.6 is 0 Å². The second kappa shape index (κ2) is 6.57. The molecule has 6 nitrogen and oxygen atoms in total. The SMILES string of the molecule is CC(CN(C)C)NCc1cn(CCO)nn1. The Balaban J connectivity index is 2.30. The summed E-state index contributed by atoms with van der Waals surface area (Å²) in [4.78, 5) is 2.14. The third kappa shape index (κ3) is 4.69. The summed E-state index contributed by atoms with van der Waals surface area (Å²) >= 11 is 0. The maximum absolute atomic E-state index is 8.74. The lowest BCUT2D eigenvalue weighted by Crippen LogP contribution is -2.35. The largest absolute Gasteiger partial charge is 0.394 e. The molecule has 0 fully saturated rings. The van der Waals surface area contributed by atoms with Crippen molar-refractivity contribution in [3.63, 3.8) is 0 Å². The van der Waals surface area contributed by atoms with E-state index < -0.39 is 0 Å².